The highest BCUT2D eigenvalue weighted by molar-refractivity contribution is 6.11. The Morgan fingerprint density at radius 2 is 1.69 bits per heavy atom. The van der Waals surface area contributed by atoms with E-state index in [0.717, 1.165) is 34.6 Å². The molecule has 4 N–H and O–H groups in total. The summed E-state index contributed by atoms with van der Waals surface area (Å²) in [5, 5.41) is 2.20. The van der Waals surface area contributed by atoms with Gasteiger partial charge in [-0.2, -0.15) is 4.99 Å². The molecule has 1 heterocycles. The van der Waals surface area contributed by atoms with Crippen LogP contribution in [0.2, 0.25) is 0 Å². The molecule has 0 bridgehead atoms. The van der Waals surface area contributed by atoms with E-state index in [2.05, 4.69) is 21.7 Å². The highest BCUT2D eigenvalue weighted by Gasteiger charge is 2.25. The highest BCUT2D eigenvalue weighted by Crippen LogP contribution is 2.38. The number of hydrogen-bond donors (Lipinski definition) is 2. The van der Waals surface area contributed by atoms with Crippen LogP contribution in [-0.4, -0.2) is 22.6 Å². The van der Waals surface area contributed by atoms with Crippen molar-refractivity contribution in [1.82, 2.24) is 4.57 Å². The lowest BCUT2D eigenvalue weighted by Gasteiger charge is -2.27. The minimum absolute atomic E-state index is 0.220. The number of nitrogens with zero attached hydrogens (tertiary/aromatic N) is 2. The Hall–Kier alpha value is -2.89. The van der Waals surface area contributed by atoms with Crippen molar-refractivity contribution >= 4 is 33.7 Å². The van der Waals surface area contributed by atoms with E-state index < -0.39 is 12.1 Å². The van der Waals surface area contributed by atoms with Gasteiger partial charge in [0.25, 0.3) is 5.91 Å². The molecule has 0 unspecified atom stereocenters. The number of aliphatic imine (C=N–C) groups is 1. The fourth-order valence-corrected chi connectivity index (χ4v) is 4.00. The SMILES string of the molecule is NC(N)=NC(=O)c1ccc2c3ccccc3n(C3CCC(F)CC3)c2c1. The molecule has 26 heavy (non-hydrogen) atoms. The fraction of sp³-hybridized carbons (Fsp3) is 0.300. The predicted molar refractivity (Wildman–Crippen MR) is 102 cm³/mol. The second kappa shape index (κ2) is 6.44. The lowest BCUT2D eigenvalue weighted by Crippen LogP contribution is -2.24. The van der Waals surface area contributed by atoms with Gasteiger partial charge in [0, 0.05) is 27.9 Å². The van der Waals surface area contributed by atoms with Crippen molar-refractivity contribution < 1.29 is 9.18 Å². The molecule has 4 rings (SSSR count). The maximum Gasteiger partial charge on any atom is 0.280 e. The zero-order valence-electron chi connectivity index (χ0n) is 14.4. The largest absolute Gasteiger partial charge is 0.370 e. The molecule has 0 radical (unpaired) electrons. The third-order valence-electron chi connectivity index (χ3n) is 5.18. The number of carbonyl (C=O) groups is 1. The zero-order valence-corrected chi connectivity index (χ0v) is 14.4. The van der Waals surface area contributed by atoms with E-state index in [4.69, 9.17) is 11.5 Å². The summed E-state index contributed by atoms with van der Waals surface area (Å²) in [6, 6.07) is 13.9. The Bertz CT molecular complexity index is 1010. The van der Waals surface area contributed by atoms with Gasteiger partial charge in [0.05, 0.1) is 5.52 Å². The Morgan fingerprint density at radius 3 is 2.42 bits per heavy atom. The van der Waals surface area contributed by atoms with Gasteiger partial charge >= 0.3 is 0 Å². The van der Waals surface area contributed by atoms with Crippen molar-refractivity contribution in [2.45, 2.75) is 37.9 Å². The summed E-state index contributed by atoms with van der Waals surface area (Å²) in [6.07, 6.45) is 2.02. The van der Waals surface area contributed by atoms with E-state index in [9.17, 15) is 9.18 Å². The Kier molecular flexibility index (Phi) is 4.11. The van der Waals surface area contributed by atoms with Gasteiger partial charge in [-0.25, -0.2) is 4.39 Å². The smallest absolute Gasteiger partial charge is 0.280 e. The van der Waals surface area contributed by atoms with Crippen LogP contribution in [0, 0.1) is 0 Å². The van der Waals surface area contributed by atoms with Crippen LogP contribution in [0.1, 0.15) is 42.1 Å². The van der Waals surface area contributed by atoms with E-state index >= 15 is 0 Å². The molecule has 0 atom stereocenters. The van der Waals surface area contributed by atoms with E-state index in [0.29, 0.717) is 18.4 Å². The summed E-state index contributed by atoms with van der Waals surface area (Å²) in [5.41, 5.74) is 13.2. The fourth-order valence-electron chi connectivity index (χ4n) is 4.00. The van der Waals surface area contributed by atoms with Gasteiger partial charge in [0.2, 0.25) is 0 Å². The van der Waals surface area contributed by atoms with Crippen molar-refractivity contribution in [2.75, 3.05) is 0 Å². The number of rotatable bonds is 2. The number of halogens is 1. The van der Waals surface area contributed by atoms with Crippen molar-refractivity contribution in [3.05, 3.63) is 48.0 Å². The van der Waals surface area contributed by atoms with Gasteiger partial charge in [0.15, 0.2) is 5.96 Å². The third-order valence-corrected chi connectivity index (χ3v) is 5.18. The monoisotopic (exact) mass is 352 g/mol. The molecule has 3 aromatic rings. The molecule has 1 aromatic heterocycles. The van der Waals surface area contributed by atoms with Crippen LogP contribution < -0.4 is 11.5 Å². The van der Waals surface area contributed by atoms with Crippen molar-refractivity contribution in [1.29, 1.82) is 0 Å². The van der Waals surface area contributed by atoms with Gasteiger partial charge in [0.1, 0.15) is 6.17 Å². The average molecular weight is 352 g/mol. The third kappa shape index (κ3) is 2.81. The van der Waals surface area contributed by atoms with E-state index in [1.165, 1.54) is 0 Å². The van der Waals surface area contributed by atoms with Gasteiger partial charge in [-0.15, -0.1) is 0 Å². The van der Waals surface area contributed by atoms with E-state index in [1.807, 2.05) is 24.3 Å². The van der Waals surface area contributed by atoms with Crippen molar-refractivity contribution in [3.8, 4) is 0 Å². The van der Waals surface area contributed by atoms with Crippen LogP contribution in [-0.2, 0) is 0 Å². The number of hydrogen-bond acceptors (Lipinski definition) is 1. The standard InChI is InChI=1S/C20H21FN4O/c21-13-6-8-14(9-7-13)25-17-4-2-1-3-15(17)16-10-5-12(11-18(16)25)19(26)24-20(22)23/h1-5,10-11,13-14H,6-9H2,(H4,22,23,24,26). The summed E-state index contributed by atoms with van der Waals surface area (Å²) in [5.74, 6) is -0.715. The molecule has 1 amide bonds. The molecule has 2 aromatic carbocycles. The van der Waals surface area contributed by atoms with Crippen LogP contribution in [0.3, 0.4) is 0 Å². The molecule has 1 aliphatic rings. The number of guanidine groups is 1. The van der Waals surface area contributed by atoms with Crippen LogP contribution in [0.25, 0.3) is 21.8 Å². The first-order chi connectivity index (χ1) is 12.5. The Labute approximate surface area is 150 Å². The summed E-state index contributed by atoms with van der Waals surface area (Å²) in [6.45, 7) is 0. The number of nitrogens with two attached hydrogens (primary N) is 2. The zero-order chi connectivity index (χ0) is 18.3. The van der Waals surface area contributed by atoms with E-state index in [-0.39, 0.29) is 12.0 Å². The first-order valence-corrected chi connectivity index (χ1v) is 8.85. The number of para-hydroxylation sites is 1. The maximum atomic E-state index is 13.6. The highest BCUT2D eigenvalue weighted by atomic mass is 19.1. The number of carbonyl (C=O) groups excluding carboxylic acids is 1. The molecule has 6 heteroatoms. The molecule has 0 aliphatic heterocycles. The topological polar surface area (TPSA) is 86.4 Å². The van der Waals surface area contributed by atoms with Crippen LogP contribution in [0.4, 0.5) is 4.39 Å². The summed E-state index contributed by atoms with van der Waals surface area (Å²) < 4.78 is 15.9. The van der Waals surface area contributed by atoms with Gasteiger partial charge in [-0.05, 0) is 43.9 Å². The Balaban J connectivity index is 1.91. The maximum absolute atomic E-state index is 13.6. The molecule has 1 aliphatic carbocycles. The second-order valence-electron chi connectivity index (χ2n) is 6.87. The molecule has 134 valence electrons. The van der Waals surface area contributed by atoms with Gasteiger partial charge in [-0.1, -0.05) is 24.3 Å². The quantitative estimate of drug-likeness (QED) is 0.545. The normalized spacial score (nSPS) is 20.3. The molecule has 0 spiro atoms. The van der Waals surface area contributed by atoms with E-state index in [1.54, 1.807) is 6.07 Å². The molecular formula is C20H21FN4O. The number of amides is 1. The minimum atomic E-state index is -0.710. The first-order valence-electron chi connectivity index (χ1n) is 8.85. The van der Waals surface area contributed by atoms with Crippen LogP contribution in [0.5, 0.6) is 0 Å². The number of aromatic nitrogens is 1. The summed E-state index contributed by atoms with van der Waals surface area (Å²) >= 11 is 0. The predicted octanol–water partition coefficient (Wildman–Crippen LogP) is 3.66. The first kappa shape index (κ1) is 16.6. The summed E-state index contributed by atoms with van der Waals surface area (Å²) in [4.78, 5) is 15.9. The lowest BCUT2D eigenvalue weighted by molar-refractivity contribution is 0.100. The molecule has 0 saturated heterocycles. The second-order valence-corrected chi connectivity index (χ2v) is 6.87. The van der Waals surface area contributed by atoms with Gasteiger partial charge in [-0.3, -0.25) is 4.79 Å². The number of benzene rings is 2. The number of alkyl halides is 1. The Morgan fingerprint density at radius 1 is 1.00 bits per heavy atom. The molecular weight excluding hydrogens is 331 g/mol. The molecule has 1 saturated carbocycles. The van der Waals surface area contributed by atoms with Gasteiger partial charge < -0.3 is 16.0 Å². The van der Waals surface area contributed by atoms with Crippen molar-refractivity contribution in [3.63, 3.8) is 0 Å². The minimum Gasteiger partial charge on any atom is -0.370 e. The van der Waals surface area contributed by atoms with Crippen LogP contribution >= 0.6 is 0 Å². The number of fused-ring (bicyclic) bond motifs is 3. The van der Waals surface area contributed by atoms with Crippen LogP contribution in [0.15, 0.2) is 47.5 Å². The summed E-state index contributed by atoms with van der Waals surface area (Å²) in [7, 11) is 0. The average Bonchev–Trinajstić information content (AvgIpc) is 2.95. The van der Waals surface area contributed by atoms with Crippen molar-refractivity contribution in [2.24, 2.45) is 16.5 Å². The molecule has 1 fully saturated rings. The molecule has 5 nitrogen and oxygen atoms in total. The lowest BCUT2D eigenvalue weighted by atomic mass is 9.93.